The Bertz CT molecular complexity index is 447. The molecule has 1 aromatic rings. The molecule has 3 N–H and O–H groups in total. The van der Waals surface area contributed by atoms with Crippen LogP contribution in [0.3, 0.4) is 0 Å². The van der Waals surface area contributed by atoms with Crippen molar-refractivity contribution in [3.05, 3.63) is 35.9 Å². The van der Waals surface area contributed by atoms with Gasteiger partial charge in [0, 0.05) is 0 Å². The molecule has 1 aliphatic heterocycles. The van der Waals surface area contributed by atoms with Crippen LogP contribution in [0.4, 0.5) is 0 Å². The minimum absolute atomic E-state index is 0.273. The van der Waals surface area contributed by atoms with E-state index in [-0.39, 0.29) is 12.0 Å². The number of hydrogen-bond donors (Lipinski definition) is 2. The fraction of sp³-hybridized carbons (Fsp3) is 0.385. The number of amides is 1. The van der Waals surface area contributed by atoms with Crippen LogP contribution in [0.15, 0.2) is 30.3 Å². The zero-order chi connectivity index (χ0) is 13.1. The monoisotopic (exact) mass is 248 g/mol. The highest BCUT2D eigenvalue weighted by atomic mass is 16.6. The fourth-order valence-corrected chi connectivity index (χ4v) is 1.84. The largest absolute Gasteiger partial charge is 0.458 e. The zero-order valence-corrected chi connectivity index (χ0v) is 10.1. The summed E-state index contributed by atoms with van der Waals surface area (Å²) in [5, 5.41) is 2.60. The Morgan fingerprint density at radius 2 is 2.11 bits per heavy atom. The van der Waals surface area contributed by atoms with Crippen LogP contribution in [0.25, 0.3) is 0 Å². The summed E-state index contributed by atoms with van der Waals surface area (Å²) >= 11 is 0. The van der Waals surface area contributed by atoms with Crippen LogP contribution in [-0.2, 0) is 20.7 Å². The molecule has 0 unspecified atom stereocenters. The third kappa shape index (κ3) is 2.68. The van der Waals surface area contributed by atoms with Gasteiger partial charge in [0.1, 0.15) is 6.10 Å². The Labute approximate surface area is 105 Å². The van der Waals surface area contributed by atoms with Crippen LogP contribution < -0.4 is 11.1 Å². The van der Waals surface area contributed by atoms with E-state index in [4.69, 9.17) is 10.5 Å². The summed E-state index contributed by atoms with van der Waals surface area (Å²) in [6.07, 6.45) is 0.174. The SMILES string of the molecule is C[C@H]1OC(=O)[C@H]1NC(=O)[C@H](N)Cc1ccccc1. The van der Waals surface area contributed by atoms with Gasteiger partial charge in [0.05, 0.1) is 6.04 Å². The predicted molar refractivity (Wildman–Crippen MR) is 65.6 cm³/mol. The summed E-state index contributed by atoms with van der Waals surface area (Å²) in [6, 6.07) is 8.30. The predicted octanol–water partition coefficient (Wildman–Crippen LogP) is -0.0135. The van der Waals surface area contributed by atoms with Crippen molar-refractivity contribution in [3.63, 3.8) is 0 Å². The molecule has 5 heteroatoms. The lowest BCUT2D eigenvalue weighted by atomic mass is 10.0. The average Bonchev–Trinajstić information content (AvgIpc) is 2.37. The van der Waals surface area contributed by atoms with Gasteiger partial charge in [-0.25, -0.2) is 4.79 Å². The quantitative estimate of drug-likeness (QED) is 0.734. The van der Waals surface area contributed by atoms with Crippen molar-refractivity contribution >= 4 is 11.9 Å². The van der Waals surface area contributed by atoms with Gasteiger partial charge in [0.2, 0.25) is 5.91 Å². The lowest BCUT2D eigenvalue weighted by Gasteiger charge is -2.33. The highest BCUT2D eigenvalue weighted by Gasteiger charge is 2.40. The summed E-state index contributed by atoms with van der Waals surface area (Å²) in [5.41, 5.74) is 6.79. The normalized spacial score (nSPS) is 23.8. The van der Waals surface area contributed by atoms with Crippen LogP contribution in [0, 0.1) is 0 Å². The highest BCUT2D eigenvalue weighted by Crippen LogP contribution is 2.13. The summed E-state index contributed by atoms with van der Waals surface area (Å²) in [4.78, 5) is 22.9. The van der Waals surface area contributed by atoms with Crippen LogP contribution in [0.2, 0.25) is 0 Å². The van der Waals surface area contributed by atoms with Gasteiger partial charge in [-0.3, -0.25) is 4.79 Å². The smallest absolute Gasteiger partial charge is 0.332 e. The molecule has 0 aliphatic carbocycles. The second-order valence-electron chi connectivity index (χ2n) is 4.42. The van der Waals surface area contributed by atoms with Crippen molar-refractivity contribution in [2.75, 3.05) is 0 Å². The van der Waals surface area contributed by atoms with E-state index >= 15 is 0 Å². The second kappa shape index (κ2) is 5.18. The number of benzene rings is 1. The average molecular weight is 248 g/mol. The Morgan fingerprint density at radius 1 is 1.44 bits per heavy atom. The molecule has 96 valence electrons. The van der Waals surface area contributed by atoms with Crippen LogP contribution >= 0.6 is 0 Å². The molecule has 0 radical (unpaired) electrons. The third-order valence-electron chi connectivity index (χ3n) is 2.96. The first-order valence-electron chi connectivity index (χ1n) is 5.88. The molecule has 0 aromatic heterocycles. The number of rotatable bonds is 4. The van der Waals surface area contributed by atoms with Gasteiger partial charge in [-0.2, -0.15) is 0 Å². The van der Waals surface area contributed by atoms with Crippen molar-refractivity contribution in [3.8, 4) is 0 Å². The number of esters is 1. The molecule has 1 fully saturated rings. The molecule has 1 amide bonds. The molecule has 5 nitrogen and oxygen atoms in total. The van der Waals surface area contributed by atoms with Gasteiger partial charge in [0.15, 0.2) is 6.04 Å². The summed E-state index contributed by atoms with van der Waals surface area (Å²) in [5.74, 6) is -0.727. The molecule has 2 rings (SSSR count). The van der Waals surface area contributed by atoms with Crippen molar-refractivity contribution in [1.29, 1.82) is 0 Å². The number of cyclic esters (lactones) is 1. The molecule has 1 saturated heterocycles. The molecule has 1 heterocycles. The van der Waals surface area contributed by atoms with Crippen molar-refractivity contribution in [1.82, 2.24) is 5.32 Å². The van der Waals surface area contributed by atoms with Crippen molar-refractivity contribution in [2.24, 2.45) is 5.73 Å². The minimum atomic E-state index is -0.659. The maximum absolute atomic E-state index is 11.8. The highest BCUT2D eigenvalue weighted by molar-refractivity contribution is 5.90. The van der Waals surface area contributed by atoms with Gasteiger partial charge >= 0.3 is 5.97 Å². The number of hydrogen-bond acceptors (Lipinski definition) is 4. The molecular weight excluding hydrogens is 232 g/mol. The molecule has 0 saturated carbocycles. The van der Waals surface area contributed by atoms with Crippen LogP contribution in [0.5, 0.6) is 0 Å². The summed E-state index contributed by atoms with van der Waals surface area (Å²) in [7, 11) is 0. The van der Waals surface area contributed by atoms with E-state index in [9.17, 15) is 9.59 Å². The Kier molecular flexibility index (Phi) is 3.62. The van der Waals surface area contributed by atoms with Crippen molar-refractivity contribution in [2.45, 2.75) is 31.5 Å². The van der Waals surface area contributed by atoms with E-state index < -0.39 is 18.1 Å². The number of nitrogens with one attached hydrogen (secondary N) is 1. The number of nitrogens with two attached hydrogens (primary N) is 1. The standard InChI is InChI=1S/C13H16N2O3/c1-8-11(13(17)18-8)15-12(16)10(14)7-9-5-3-2-4-6-9/h2-6,8,10-11H,7,14H2,1H3,(H,15,16)/t8-,10-,11+/m1/s1. The lowest BCUT2D eigenvalue weighted by Crippen LogP contribution is -2.61. The Morgan fingerprint density at radius 3 is 2.67 bits per heavy atom. The van der Waals surface area contributed by atoms with Crippen molar-refractivity contribution < 1.29 is 14.3 Å². The zero-order valence-electron chi connectivity index (χ0n) is 10.1. The Balaban J connectivity index is 1.87. The molecule has 18 heavy (non-hydrogen) atoms. The van der Waals surface area contributed by atoms with E-state index in [0.717, 1.165) is 5.56 Å². The first kappa shape index (κ1) is 12.6. The number of carbonyl (C=O) groups is 2. The molecule has 1 aromatic carbocycles. The van der Waals surface area contributed by atoms with Crippen LogP contribution in [0.1, 0.15) is 12.5 Å². The van der Waals surface area contributed by atoms with E-state index in [0.29, 0.717) is 6.42 Å². The first-order valence-corrected chi connectivity index (χ1v) is 5.88. The van der Waals surface area contributed by atoms with Gasteiger partial charge in [-0.05, 0) is 18.9 Å². The van der Waals surface area contributed by atoms with E-state index in [2.05, 4.69) is 5.32 Å². The number of ether oxygens (including phenoxy) is 1. The summed E-state index contributed by atoms with van der Waals surface area (Å²) < 4.78 is 4.76. The topological polar surface area (TPSA) is 81.4 Å². The van der Waals surface area contributed by atoms with Gasteiger partial charge in [-0.15, -0.1) is 0 Å². The molecule has 0 bridgehead atoms. The Hall–Kier alpha value is -1.88. The maximum Gasteiger partial charge on any atom is 0.332 e. The maximum atomic E-state index is 11.8. The van der Waals surface area contributed by atoms with Gasteiger partial charge < -0.3 is 15.8 Å². The van der Waals surface area contributed by atoms with E-state index in [1.807, 2.05) is 30.3 Å². The van der Waals surface area contributed by atoms with Gasteiger partial charge in [0.25, 0.3) is 0 Å². The molecule has 3 atom stereocenters. The molecule has 1 aliphatic rings. The number of carbonyl (C=O) groups excluding carboxylic acids is 2. The summed E-state index contributed by atoms with van der Waals surface area (Å²) in [6.45, 7) is 1.73. The molecular formula is C13H16N2O3. The minimum Gasteiger partial charge on any atom is -0.458 e. The van der Waals surface area contributed by atoms with Gasteiger partial charge in [-0.1, -0.05) is 30.3 Å². The fourth-order valence-electron chi connectivity index (χ4n) is 1.84. The van der Waals surface area contributed by atoms with E-state index in [1.54, 1.807) is 6.92 Å². The van der Waals surface area contributed by atoms with Crippen LogP contribution in [-0.4, -0.2) is 30.1 Å². The molecule has 0 spiro atoms. The second-order valence-corrected chi connectivity index (χ2v) is 4.42. The van der Waals surface area contributed by atoms with E-state index in [1.165, 1.54) is 0 Å². The third-order valence-corrected chi connectivity index (χ3v) is 2.96. The first-order chi connectivity index (χ1) is 8.58. The lowest BCUT2D eigenvalue weighted by molar-refractivity contribution is -0.176.